The molecule has 0 heterocycles. The molecule has 0 spiro atoms. The monoisotopic (exact) mass is 341 g/mol. The minimum Gasteiger partial charge on any atom is -0.481 e. The number of benzene rings is 2. The fourth-order valence-electron chi connectivity index (χ4n) is 2.52. The molecule has 2 aromatic carbocycles. The Morgan fingerprint density at radius 3 is 2.44 bits per heavy atom. The van der Waals surface area contributed by atoms with Crippen LogP contribution in [0.2, 0.25) is 0 Å². The van der Waals surface area contributed by atoms with Crippen molar-refractivity contribution in [2.75, 3.05) is 6.54 Å². The van der Waals surface area contributed by atoms with Crippen LogP contribution in [0.5, 0.6) is 5.75 Å². The highest BCUT2D eigenvalue weighted by molar-refractivity contribution is 5.83. The minimum absolute atomic E-state index is 0.0197. The van der Waals surface area contributed by atoms with Crippen LogP contribution in [0, 0.1) is 6.92 Å². The van der Waals surface area contributed by atoms with Crippen molar-refractivity contribution in [1.82, 2.24) is 5.32 Å². The van der Waals surface area contributed by atoms with Crippen molar-refractivity contribution < 1.29 is 19.4 Å². The van der Waals surface area contributed by atoms with Crippen LogP contribution < -0.4 is 10.1 Å². The second-order valence-corrected chi connectivity index (χ2v) is 5.88. The van der Waals surface area contributed by atoms with Crippen LogP contribution >= 0.6 is 0 Å². The highest BCUT2D eigenvalue weighted by Gasteiger charge is 2.23. The Morgan fingerprint density at radius 1 is 1.12 bits per heavy atom. The zero-order chi connectivity index (χ0) is 18.2. The van der Waals surface area contributed by atoms with E-state index in [1.807, 2.05) is 38.1 Å². The SMILES string of the molecule is CCC(Oc1cccc(C)c1)C(=O)NCC(C(=O)O)c1ccccc1. The zero-order valence-corrected chi connectivity index (χ0v) is 14.4. The summed E-state index contributed by atoms with van der Waals surface area (Å²) in [5.41, 5.74) is 1.70. The first-order valence-corrected chi connectivity index (χ1v) is 8.30. The molecule has 2 unspecified atom stereocenters. The number of hydrogen-bond donors (Lipinski definition) is 2. The van der Waals surface area contributed by atoms with E-state index in [-0.39, 0.29) is 12.5 Å². The summed E-state index contributed by atoms with van der Waals surface area (Å²) >= 11 is 0. The van der Waals surface area contributed by atoms with Gasteiger partial charge >= 0.3 is 5.97 Å². The third-order valence-corrected chi connectivity index (χ3v) is 3.91. The molecule has 5 nitrogen and oxygen atoms in total. The average molecular weight is 341 g/mol. The molecule has 132 valence electrons. The van der Waals surface area contributed by atoms with E-state index in [4.69, 9.17) is 4.74 Å². The quantitative estimate of drug-likeness (QED) is 0.773. The highest BCUT2D eigenvalue weighted by atomic mass is 16.5. The van der Waals surface area contributed by atoms with Crippen molar-refractivity contribution in [3.8, 4) is 5.75 Å². The lowest BCUT2D eigenvalue weighted by atomic mass is 9.99. The van der Waals surface area contributed by atoms with Gasteiger partial charge < -0.3 is 15.2 Å². The summed E-state index contributed by atoms with van der Waals surface area (Å²) < 4.78 is 5.75. The van der Waals surface area contributed by atoms with Gasteiger partial charge in [-0.05, 0) is 36.6 Å². The summed E-state index contributed by atoms with van der Waals surface area (Å²) in [6, 6.07) is 16.3. The van der Waals surface area contributed by atoms with Crippen LogP contribution in [-0.4, -0.2) is 29.6 Å². The second kappa shape index (κ2) is 8.87. The molecular formula is C20H23NO4. The largest absolute Gasteiger partial charge is 0.481 e. The van der Waals surface area contributed by atoms with E-state index >= 15 is 0 Å². The number of aliphatic carboxylic acids is 1. The van der Waals surface area contributed by atoms with E-state index in [0.29, 0.717) is 17.7 Å². The summed E-state index contributed by atoms with van der Waals surface area (Å²) in [6.45, 7) is 3.82. The Labute approximate surface area is 147 Å². The fraction of sp³-hybridized carbons (Fsp3) is 0.300. The van der Waals surface area contributed by atoms with Crippen molar-refractivity contribution >= 4 is 11.9 Å². The van der Waals surface area contributed by atoms with Gasteiger partial charge in [0.2, 0.25) is 0 Å². The predicted octanol–water partition coefficient (Wildman–Crippen LogP) is 3.14. The molecule has 0 aliphatic heterocycles. The molecule has 0 fully saturated rings. The van der Waals surface area contributed by atoms with Gasteiger partial charge in [0.25, 0.3) is 5.91 Å². The number of hydrogen-bond acceptors (Lipinski definition) is 3. The van der Waals surface area contributed by atoms with Gasteiger partial charge in [-0.3, -0.25) is 9.59 Å². The Bertz CT molecular complexity index is 715. The number of aryl methyl sites for hydroxylation is 1. The summed E-state index contributed by atoms with van der Waals surface area (Å²) in [5, 5.41) is 12.1. The summed E-state index contributed by atoms with van der Waals surface area (Å²) in [4.78, 5) is 23.9. The topological polar surface area (TPSA) is 75.6 Å². The Balaban J connectivity index is 1.99. The van der Waals surface area contributed by atoms with Gasteiger partial charge in [0, 0.05) is 6.54 Å². The molecule has 2 atom stereocenters. The van der Waals surface area contributed by atoms with Gasteiger partial charge in [-0.2, -0.15) is 0 Å². The van der Waals surface area contributed by atoms with E-state index in [0.717, 1.165) is 5.56 Å². The molecule has 25 heavy (non-hydrogen) atoms. The number of nitrogens with one attached hydrogen (secondary N) is 1. The predicted molar refractivity (Wildman–Crippen MR) is 95.7 cm³/mol. The van der Waals surface area contributed by atoms with Gasteiger partial charge in [-0.1, -0.05) is 49.4 Å². The molecular weight excluding hydrogens is 318 g/mol. The molecule has 2 aromatic rings. The van der Waals surface area contributed by atoms with Gasteiger partial charge in [0.1, 0.15) is 5.75 Å². The number of carboxylic acid groups (broad SMARTS) is 1. The van der Waals surface area contributed by atoms with Gasteiger partial charge in [0.05, 0.1) is 5.92 Å². The van der Waals surface area contributed by atoms with Crippen molar-refractivity contribution in [3.05, 3.63) is 65.7 Å². The van der Waals surface area contributed by atoms with E-state index in [9.17, 15) is 14.7 Å². The summed E-state index contributed by atoms with van der Waals surface area (Å²) in [7, 11) is 0. The first-order chi connectivity index (χ1) is 12.0. The average Bonchev–Trinajstić information content (AvgIpc) is 2.60. The standard InChI is InChI=1S/C20H23NO4/c1-3-18(25-16-11-7-8-14(2)12-16)19(22)21-13-17(20(23)24)15-9-5-4-6-10-15/h4-12,17-18H,3,13H2,1-2H3,(H,21,22)(H,23,24). The Kier molecular flexibility index (Phi) is 6.57. The number of amides is 1. The van der Waals surface area contributed by atoms with Crippen LogP contribution in [0.1, 0.15) is 30.4 Å². The second-order valence-electron chi connectivity index (χ2n) is 5.88. The normalized spacial score (nSPS) is 12.9. The molecule has 0 saturated carbocycles. The fourth-order valence-corrected chi connectivity index (χ4v) is 2.52. The molecule has 0 bridgehead atoms. The van der Waals surface area contributed by atoms with Crippen LogP contribution in [0.3, 0.4) is 0 Å². The highest BCUT2D eigenvalue weighted by Crippen LogP contribution is 2.17. The summed E-state index contributed by atoms with van der Waals surface area (Å²) in [5.74, 6) is -1.45. The number of ether oxygens (including phenoxy) is 1. The maximum absolute atomic E-state index is 12.4. The third-order valence-electron chi connectivity index (χ3n) is 3.91. The number of carboxylic acids is 1. The first kappa shape index (κ1) is 18.5. The Hall–Kier alpha value is -2.82. The number of carbonyl (C=O) groups excluding carboxylic acids is 1. The first-order valence-electron chi connectivity index (χ1n) is 8.30. The number of carbonyl (C=O) groups is 2. The maximum Gasteiger partial charge on any atom is 0.312 e. The van der Waals surface area contributed by atoms with Crippen molar-refractivity contribution in [2.45, 2.75) is 32.3 Å². The van der Waals surface area contributed by atoms with Gasteiger partial charge in [0.15, 0.2) is 6.10 Å². The lowest BCUT2D eigenvalue weighted by Crippen LogP contribution is -2.41. The van der Waals surface area contributed by atoms with E-state index < -0.39 is 18.0 Å². The molecule has 0 aliphatic carbocycles. The van der Waals surface area contributed by atoms with Crippen LogP contribution in [-0.2, 0) is 9.59 Å². The molecule has 5 heteroatoms. The van der Waals surface area contributed by atoms with Crippen molar-refractivity contribution in [3.63, 3.8) is 0 Å². The summed E-state index contributed by atoms with van der Waals surface area (Å²) in [6.07, 6.45) is -0.171. The molecule has 0 aromatic heterocycles. The van der Waals surface area contributed by atoms with E-state index in [1.165, 1.54) is 0 Å². The maximum atomic E-state index is 12.4. The zero-order valence-electron chi connectivity index (χ0n) is 14.4. The van der Waals surface area contributed by atoms with Crippen LogP contribution in [0.4, 0.5) is 0 Å². The van der Waals surface area contributed by atoms with E-state index in [2.05, 4.69) is 5.32 Å². The van der Waals surface area contributed by atoms with Crippen LogP contribution in [0.25, 0.3) is 0 Å². The third kappa shape index (κ3) is 5.35. The van der Waals surface area contributed by atoms with Gasteiger partial charge in [-0.15, -0.1) is 0 Å². The molecule has 0 radical (unpaired) electrons. The van der Waals surface area contributed by atoms with Crippen molar-refractivity contribution in [2.24, 2.45) is 0 Å². The minimum atomic E-state index is -0.973. The van der Waals surface area contributed by atoms with E-state index in [1.54, 1.807) is 30.3 Å². The molecule has 2 N–H and O–H groups in total. The van der Waals surface area contributed by atoms with Crippen LogP contribution in [0.15, 0.2) is 54.6 Å². The molecule has 2 rings (SSSR count). The molecule has 0 aliphatic rings. The smallest absolute Gasteiger partial charge is 0.312 e. The van der Waals surface area contributed by atoms with Gasteiger partial charge in [-0.25, -0.2) is 0 Å². The number of rotatable bonds is 8. The van der Waals surface area contributed by atoms with Crippen molar-refractivity contribution in [1.29, 1.82) is 0 Å². The lowest BCUT2D eigenvalue weighted by Gasteiger charge is -2.19. The lowest BCUT2D eigenvalue weighted by molar-refractivity contribution is -0.139. The molecule has 0 saturated heterocycles. The molecule has 1 amide bonds. The Morgan fingerprint density at radius 2 is 1.84 bits per heavy atom.